The van der Waals surface area contributed by atoms with Crippen LogP contribution in [-0.4, -0.2) is 30.8 Å². The smallest absolute Gasteiger partial charge is 0.329 e. The number of benzene rings is 1. The molecule has 0 aliphatic carbocycles. The number of nitrogens with zero attached hydrogens (tertiary/aromatic N) is 2. The topological polar surface area (TPSA) is 114 Å². The van der Waals surface area contributed by atoms with Crippen LogP contribution >= 0.6 is 15.9 Å². The van der Waals surface area contributed by atoms with Crippen LogP contribution in [0.3, 0.4) is 0 Å². The molecule has 0 amide bonds. The van der Waals surface area contributed by atoms with Crippen molar-refractivity contribution in [2.45, 2.75) is 13.5 Å². The van der Waals surface area contributed by atoms with E-state index in [0.717, 1.165) is 15.6 Å². The number of carbonyl (C=O) groups excluding carboxylic acids is 1. The predicted molar refractivity (Wildman–Crippen MR) is 110 cm³/mol. The van der Waals surface area contributed by atoms with E-state index >= 15 is 0 Å². The van der Waals surface area contributed by atoms with Crippen molar-refractivity contribution in [1.82, 2.24) is 14.0 Å². The highest BCUT2D eigenvalue weighted by molar-refractivity contribution is 9.10. The summed E-state index contributed by atoms with van der Waals surface area (Å²) in [5, 5.41) is 9.00. The Labute approximate surface area is 171 Å². The van der Waals surface area contributed by atoms with Gasteiger partial charge in [-0.15, -0.1) is 0 Å². The zero-order chi connectivity index (χ0) is 20.9. The molecule has 4 aromatic rings. The Morgan fingerprint density at radius 1 is 1.17 bits per heavy atom. The first kappa shape index (κ1) is 18.9. The second-order valence-corrected chi connectivity index (χ2v) is 7.34. The molecular weight excluding hydrogens is 442 g/mol. The molecule has 9 heteroatoms. The van der Waals surface area contributed by atoms with E-state index in [1.54, 1.807) is 10.6 Å². The minimum Gasteiger partial charge on any atom is -0.480 e. The van der Waals surface area contributed by atoms with Gasteiger partial charge < -0.3 is 14.5 Å². The van der Waals surface area contributed by atoms with Crippen LogP contribution in [0.4, 0.5) is 0 Å². The number of fused-ring (bicyclic) bond motifs is 2. The molecule has 0 radical (unpaired) electrons. The van der Waals surface area contributed by atoms with Crippen molar-refractivity contribution in [3.63, 3.8) is 0 Å². The molecule has 0 aliphatic heterocycles. The molecule has 0 spiro atoms. The van der Waals surface area contributed by atoms with Crippen molar-refractivity contribution < 1.29 is 14.7 Å². The minimum atomic E-state index is -1.32. The van der Waals surface area contributed by atoms with E-state index in [4.69, 9.17) is 5.11 Å². The first-order chi connectivity index (χ1) is 13.8. The summed E-state index contributed by atoms with van der Waals surface area (Å²) >= 11 is 3.51. The summed E-state index contributed by atoms with van der Waals surface area (Å²) < 4.78 is 3.16. The zero-order valence-corrected chi connectivity index (χ0v) is 16.7. The van der Waals surface area contributed by atoms with E-state index in [0.29, 0.717) is 10.3 Å². The van der Waals surface area contributed by atoms with Gasteiger partial charge in [0.15, 0.2) is 0 Å². The molecule has 0 saturated heterocycles. The lowest BCUT2D eigenvalue weighted by atomic mass is 10.0. The minimum absolute atomic E-state index is 0.0641. The van der Waals surface area contributed by atoms with Gasteiger partial charge in [-0.25, -0.2) is 9.36 Å². The summed E-state index contributed by atoms with van der Waals surface area (Å²) in [6.45, 7) is 1.06. The molecule has 0 aliphatic rings. The Morgan fingerprint density at radius 3 is 2.66 bits per heavy atom. The number of halogens is 1. The molecule has 8 nitrogen and oxygen atoms in total. The molecule has 146 valence electrons. The van der Waals surface area contributed by atoms with E-state index < -0.39 is 23.8 Å². The van der Waals surface area contributed by atoms with Crippen LogP contribution in [-0.2, 0) is 11.3 Å². The number of aromatic amines is 1. The standard InChI is InChI=1S/C20H14BrN3O5/c1-10-16(21)14-4-2-3-7-23(14)17(10)18(27)11-5-6-13-12(8-11)19(28)24(9-15(25)26)20(29)22-13/h2-8H,9H2,1H3,(H,22,29)(H,25,26). The number of hydrogen-bond donors (Lipinski definition) is 2. The summed E-state index contributed by atoms with van der Waals surface area (Å²) in [6.07, 6.45) is 1.78. The number of carboxylic acid groups (broad SMARTS) is 1. The fourth-order valence-electron chi connectivity index (χ4n) is 3.38. The Balaban J connectivity index is 1.93. The number of carbonyl (C=O) groups is 2. The SMILES string of the molecule is Cc1c(Br)c2ccccn2c1C(=O)c1ccc2[nH]c(=O)n(CC(=O)O)c(=O)c2c1. The van der Waals surface area contributed by atoms with Gasteiger partial charge in [0.25, 0.3) is 5.56 Å². The van der Waals surface area contributed by atoms with E-state index in [-0.39, 0.29) is 22.2 Å². The molecule has 29 heavy (non-hydrogen) atoms. The lowest BCUT2D eigenvalue weighted by Gasteiger charge is -2.07. The summed E-state index contributed by atoms with van der Waals surface area (Å²) in [4.78, 5) is 51.3. The molecular formula is C20H14BrN3O5. The van der Waals surface area contributed by atoms with Gasteiger partial charge in [-0.2, -0.15) is 0 Å². The van der Waals surface area contributed by atoms with E-state index in [1.165, 1.54) is 18.2 Å². The Morgan fingerprint density at radius 2 is 1.93 bits per heavy atom. The highest BCUT2D eigenvalue weighted by atomic mass is 79.9. The summed E-state index contributed by atoms with van der Waals surface area (Å²) in [5.74, 6) is -1.61. The van der Waals surface area contributed by atoms with Crippen LogP contribution in [0.2, 0.25) is 0 Å². The van der Waals surface area contributed by atoms with Gasteiger partial charge in [0.2, 0.25) is 5.78 Å². The number of hydrogen-bond acceptors (Lipinski definition) is 4. The largest absolute Gasteiger partial charge is 0.480 e. The molecule has 0 atom stereocenters. The average Bonchev–Trinajstić information content (AvgIpc) is 2.95. The van der Waals surface area contributed by atoms with E-state index in [2.05, 4.69) is 20.9 Å². The maximum absolute atomic E-state index is 13.3. The third-order valence-corrected chi connectivity index (χ3v) is 5.76. The maximum atomic E-state index is 13.3. The van der Waals surface area contributed by atoms with Gasteiger partial charge in [0.05, 0.1) is 22.1 Å². The summed E-state index contributed by atoms with van der Waals surface area (Å²) in [6, 6.07) is 9.93. The number of ketones is 1. The first-order valence-electron chi connectivity index (χ1n) is 8.58. The van der Waals surface area contributed by atoms with Crippen molar-refractivity contribution in [3.05, 3.63) is 84.7 Å². The van der Waals surface area contributed by atoms with Crippen LogP contribution in [0.25, 0.3) is 16.4 Å². The molecule has 3 heterocycles. The van der Waals surface area contributed by atoms with Crippen LogP contribution in [0.1, 0.15) is 21.6 Å². The third-order valence-electron chi connectivity index (χ3n) is 4.76. The Kier molecular flexibility index (Phi) is 4.46. The molecule has 1 aromatic carbocycles. The van der Waals surface area contributed by atoms with Crippen molar-refractivity contribution >= 4 is 44.1 Å². The average molecular weight is 456 g/mol. The normalized spacial score (nSPS) is 11.2. The number of carboxylic acids is 1. The number of nitrogens with one attached hydrogen (secondary N) is 1. The monoisotopic (exact) mass is 455 g/mol. The highest BCUT2D eigenvalue weighted by Gasteiger charge is 2.21. The Hall–Kier alpha value is -3.46. The zero-order valence-electron chi connectivity index (χ0n) is 15.1. The molecule has 0 fully saturated rings. The van der Waals surface area contributed by atoms with Gasteiger partial charge in [0.1, 0.15) is 6.54 Å². The Bertz CT molecular complexity index is 1440. The second kappa shape index (κ2) is 6.85. The number of aromatic nitrogens is 3. The van der Waals surface area contributed by atoms with Crippen LogP contribution in [0, 0.1) is 6.92 Å². The predicted octanol–water partition coefficient (Wildman–Crippen LogP) is 2.33. The fourth-order valence-corrected chi connectivity index (χ4v) is 3.89. The van der Waals surface area contributed by atoms with Crippen LogP contribution < -0.4 is 11.2 Å². The number of aliphatic carboxylic acids is 1. The molecule has 2 N–H and O–H groups in total. The highest BCUT2D eigenvalue weighted by Crippen LogP contribution is 2.30. The number of rotatable bonds is 4. The van der Waals surface area contributed by atoms with Gasteiger partial charge in [0, 0.05) is 16.2 Å². The van der Waals surface area contributed by atoms with E-state index in [1.807, 2.05) is 25.1 Å². The van der Waals surface area contributed by atoms with E-state index in [9.17, 15) is 19.2 Å². The van der Waals surface area contributed by atoms with Crippen molar-refractivity contribution in [2.75, 3.05) is 0 Å². The lowest BCUT2D eigenvalue weighted by Crippen LogP contribution is -2.37. The third kappa shape index (κ3) is 2.99. The number of H-pyrrole nitrogens is 1. The first-order valence-corrected chi connectivity index (χ1v) is 9.37. The summed E-state index contributed by atoms with van der Waals surface area (Å²) in [5.41, 5.74) is 0.939. The summed E-state index contributed by atoms with van der Waals surface area (Å²) in [7, 11) is 0. The molecule has 0 saturated carbocycles. The van der Waals surface area contributed by atoms with Gasteiger partial charge in [-0.3, -0.25) is 14.4 Å². The molecule has 0 unspecified atom stereocenters. The molecule has 0 bridgehead atoms. The van der Waals surface area contributed by atoms with Crippen molar-refractivity contribution in [1.29, 1.82) is 0 Å². The lowest BCUT2D eigenvalue weighted by molar-refractivity contribution is -0.137. The maximum Gasteiger partial charge on any atom is 0.329 e. The number of pyridine rings is 1. The molecule has 4 rings (SSSR count). The van der Waals surface area contributed by atoms with Gasteiger partial charge in [-0.1, -0.05) is 6.07 Å². The van der Waals surface area contributed by atoms with Crippen LogP contribution in [0.15, 0.2) is 56.7 Å². The fraction of sp³-hybridized carbons (Fsp3) is 0.100. The van der Waals surface area contributed by atoms with Gasteiger partial charge in [-0.05, 0) is 58.7 Å². The van der Waals surface area contributed by atoms with Crippen molar-refractivity contribution in [2.24, 2.45) is 0 Å². The van der Waals surface area contributed by atoms with Crippen molar-refractivity contribution in [3.8, 4) is 0 Å². The molecule has 3 aromatic heterocycles. The quantitative estimate of drug-likeness (QED) is 0.458. The second-order valence-electron chi connectivity index (χ2n) is 6.55. The van der Waals surface area contributed by atoms with Crippen LogP contribution in [0.5, 0.6) is 0 Å². The van der Waals surface area contributed by atoms with Gasteiger partial charge >= 0.3 is 11.7 Å².